The highest BCUT2D eigenvalue weighted by molar-refractivity contribution is 5.75. The normalized spacial score (nSPS) is 36.2. The van der Waals surface area contributed by atoms with Crippen LogP contribution in [0.5, 0.6) is 0 Å². The molecule has 0 saturated carbocycles. The Morgan fingerprint density at radius 2 is 2.00 bits per heavy atom. The van der Waals surface area contributed by atoms with Crippen molar-refractivity contribution in [1.82, 2.24) is 0 Å². The van der Waals surface area contributed by atoms with Crippen molar-refractivity contribution < 1.29 is 29.0 Å². The molecule has 1 saturated heterocycles. The third kappa shape index (κ3) is 5.20. The fraction of sp³-hybridized carbons (Fsp3) is 0.789. The summed E-state index contributed by atoms with van der Waals surface area (Å²) in [4.78, 5) is 40.2. The van der Waals surface area contributed by atoms with Crippen molar-refractivity contribution in [3.63, 3.8) is 0 Å². The minimum Gasteiger partial charge on any atom is -0.462 e. The van der Waals surface area contributed by atoms with Crippen molar-refractivity contribution in [3.05, 3.63) is 21.8 Å². The van der Waals surface area contributed by atoms with E-state index in [1.54, 1.807) is 20.8 Å². The molecule has 0 radical (unpaired) electrons. The standard InChI is InChI=1S/C19H29NO7/c1-10(2)18(21)25-15-8-11(3)6-7-14(27-20(23)24)12(4)9-16-17(15)13(5)19(22)26-16/h6,10,12-17H,7-9H2,1-5H3/b11-6-/t12?,13?,14?,15-,16-,17-/m1/s1. The summed E-state index contributed by atoms with van der Waals surface area (Å²) < 4.78 is 11.3. The molecule has 8 heteroatoms. The van der Waals surface area contributed by atoms with Gasteiger partial charge < -0.3 is 14.3 Å². The van der Waals surface area contributed by atoms with Gasteiger partial charge in [0.25, 0.3) is 5.09 Å². The molecule has 2 aliphatic rings. The largest absolute Gasteiger partial charge is 0.462 e. The number of ether oxygens (including phenoxy) is 2. The van der Waals surface area contributed by atoms with E-state index in [-0.39, 0.29) is 29.7 Å². The molecule has 6 atom stereocenters. The van der Waals surface area contributed by atoms with E-state index in [0.717, 1.165) is 5.57 Å². The van der Waals surface area contributed by atoms with Crippen molar-refractivity contribution in [2.45, 2.75) is 72.2 Å². The molecule has 0 spiro atoms. The maximum Gasteiger partial charge on any atom is 0.309 e. The second-order valence-corrected chi connectivity index (χ2v) is 8.04. The third-order valence-electron chi connectivity index (χ3n) is 5.50. The van der Waals surface area contributed by atoms with E-state index in [1.807, 2.05) is 19.9 Å². The van der Waals surface area contributed by atoms with Gasteiger partial charge in [-0.3, -0.25) is 9.59 Å². The second-order valence-electron chi connectivity index (χ2n) is 8.04. The van der Waals surface area contributed by atoms with Crippen LogP contribution in [0, 0.1) is 33.8 Å². The highest BCUT2D eigenvalue weighted by Gasteiger charge is 2.48. The van der Waals surface area contributed by atoms with Gasteiger partial charge in [-0.15, -0.1) is 10.1 Å². The zero-order chi connectivity index (χ0) is 20.3. The number of hydrogen-bond acceptors (Lipinski definition) is 7. The number of hydrogen-bond donors (Lipinski definition) is 0. The molecule has 0 aromatic rings. The molecule has 1 heterocycles. The van der Waals surface area contributed by atoms with E-state index in [9.17, 15) is 19.7 Å². The van der Waals surface area contributed by atoms with Crippen LogP contribution in [0.3, 0.4) is 0 Å². The third-order valence-corrected chi connectivity index (χ3v) is 5.50. The van der Waals surface area contributed by atoms with Crippen molar-refractivity contribution in [2.75, 3.05) is 0 Å². The molecule has 3 unspecified atom stereocenters. The molecule has 0 aromatic carbocycles. The molecule has 0 bridgehead atoms. The summed E-state index contributed by atoms with van der Waals surface area (Å²) in [5.74, 6) is -1.80. The van der Waals surface area contributed by atoms with E-state index >= 15 is 0 Å². The molecule has 27 heavy (non-hydrogen) atoms. The van der Waals surface area contributed by atoms with Crippen LogP contribution >= 0.6 is 0 Å². The number of nitrogens with zero attached hydrogens (tertiary/aromatic N) is 1. The number of carbonyl (C=O) groups excluding carboxylic acids is 2. The SMILES string of the molecule is C/C1=C/CC(O[N+](=O)[O-])C(C)C[C@H]2OC(=O)C(C)[C@@H]2[C@H](OC(=O)C(C)C)C1. The van der Waals surface area contributed by atoms with Crippen LogP contribution in [0.25, 0.3) is 0 Å². The van der Waals surface area contributed by atoms with E-state index in [1.165, 1.54) is 0 Å². The van der Waals surface area contributed by atoms with Gasteiger partial charge in [-0.2, -0.15) is 0 Å². The summed E-state index contributed by atoms with van der Waals surface area (Å²) in [6, 6.07) is 0. The molecule has 0 N–H and O–H groups in total. The summed E-state index contributed by atoms with van der Waals surface area (Å²) in [6.07, 6.45) is 1.60. The predicted molar refractivity (Wildman–Crippen MR) is 95.9 cm³/mol. The predicted octanol–water partition coefficient (Wildman–Crippen LogP) is 3.08. The summed E-state index contributed by atoms with van der Waals surface area (Å²) in [5, 5.41) is 10.1. The molecule has 1 aliphatic heterocycles. The van der Waals surface area contributed by atoms with Crippen molar-refractivity contribution in [2.24, 2.45) is 23.7 Å². The van der Waals surface area contributed by atoms with Gasteiger partial charge in [-0.1, -0.05) is 39.3 Å². The highest BCUT2D eigenvalue weighted by Crippen LogP contribution is 2.39. The van der Waals surface area contributed by atoms with Crippen LogP contribution in [0.2, 0.25) is 0 Å². The zero-order valence-electron chi connectivity index (χ0n) is 16.5. The van der Waals surface area contributed by atoms with Crippen molar-refractivity contribution >= 4 is 11.9 Å². The molecular formula is C19H29NO7. The van der Waals surface area contributed by atoms with Gasteiger partial charge in [0.1, 0.15) is 18.3 Å². The molecule has 2 rings (SSSR count). The number of rotatable bonds is 4. The maximum atomic E-state index is 12.2. The average molecular weight is 383 g/mol. The van der Waals surface area contributed by atoms with Crippen molar-refractivity contribution in [1.29, 1.82) is 0 Å². The first kappa shape index (κ1) is 21.2. The van der Waals surface area contributed by atoms with Gasteiger partial charge in [0.15, 0.2) is 0 Å². The molecule has 0 aromatic heterocycles. The van der Waals surface area contributed by atoms with Crippen LogP contribution in [0.4, 0.5) is 0 Å². The summed E-state index contributed by atoms with van der Waals surface area (Å²) >= 11 is 0. The van der Waals surface area contributed by atoms with E-state index in [4.69, 9.17) is 14.3 Å². The zero-order valence-corrected chi connectivity index (χ0v) is 16.5. The summed E-state index contributed by atoms with van der Waals surface area (Å²) in [7, 11) is 0. The minimum absolute atomic E-state index is 0.204. The number of carbonyl (C=O) groups is 2. The molecule has 1 fully saturated rings. The van der Waals surface area contributed by atoms with E-state index in [2.05, 4.69) is 0 Å². The number of esters is 2. The maximum absolute atomic E-state index is 12.2. The lowest BCUT2D eigenvalue weighted by atomic mass is 9.79. The molecule has 1 aliphatic carbocycles. The fourth-order valence-electron chi connectivity index (χ4n) is 3.85. The quantitative estimate of drug-likeness (QED) is 0.318. The monoisotopic (exact) mass is 383 g/mol. The molecular weight excluding hydrogens is 354 g/mol. The second kappa shape index (κ2) is 8.71. The molecule has 0 amide bonds. The van der Waals surface area contributed by atoms with Gasteiger partial charge >= 0.3 is 11.9 Å². The van der Waals surface area contributed by atoms with Gasteiger partial charge in [0.05, 0.1) is 11.8 Å². The lowest BCUT2D eigenvalue weighted by molar-refractivity contribution is -0.770. The Morgan fingerprint density at radius 1 is 1.33 bits per heavy atom. The first-order valence-corrected chi connectivity index (χ1v) is 9.47. The first-order chi connectivity index (χ1) is 12.6. The van der Waals surface area contributed by atoms with E-state index in [0.29, 0.717) is 19.3 Å². The van der Waals surface area contributed by atoms with Crippen LogP contribution in [-0.2, 0) is 23.9 Å². The Bertz CT molecular complexity index is 615. The van der Waals surface area contributed by atoms with Crippen molar-refractivity contribution in [3.8, 4) is 0 Å². The summed E-state index contributed by atoms with van der Waals surface area (Å²) in [5.41, 5.74) is 0.938. The number of fused-ring (bicyclic) bond motifs is 1. The average Bonchev–Trinajstić information content (AvgIpc) is 2.83. The van der Waals surface area contributed by atoms with Crippen LogP contribution in [0.1, 0.15) is 53.9 Å². The van der Waals surface area contributed by atoms with Gasteiger partial charge in [0.2, 0.25) is 0 Å². The van der Waals surface area contributed by atoms with Crippen LogP contribution in [-0.4, -0.2) is 35.3 Å². The van der Waals surface area contributed by atoms with Gasteiger partial charge in [-0.25, -0.2) is 0 Å². The summed E-state index contributed by atoms with van der Waals surface area (Å²) in [6.45, 7) is 9.06. The Morgan fingerprint density at radius 3 is 2.59 bits per heavy atom. The molecule has 152 valence electrons. The fourth-order valence-corrected chi connectivity index (χ4v) is 3.85. The van der Waals surface area contributed by atoms with Crippen LogP contribution < -0.4 is 0 Å². The first-order valence-electron chi connectivity index (χ1n) is 9.47. The Balaban J connectivity index is 2.34. The van der Waals surface area contributed by atoms with Gasteiger partial charge in [-0.05, 0) is 25.7 Å². The lowest BCUT2D eigenvalue weighted by Gasteiger charge is -2.33. The minimum atomic E-state index is -0.774. The topological polar surface area (TPSA) is 105 Å². The Hall–Kier alpha value is -2.12. The van der Waals surface area contributed by atoms with E-state index < -0.39 is 29.3 Å². The lowest BCUT2D eigenvalue weighted by Crippen LogP contribution is -2.39. The van der Waals surface area contributed by atoms with Crippen LogP contribution in [0.15, 0.2) is 11.6 Å². The Labute approximate surface area is 159 Å². The smallest absolute Gasteiger partial charge is 0.309 e. The van der Waals surface area contributed by atoms with Gasteiger partial charge in [0, 0.05) is 12.3 Å². The highest BCUT2D eigenvalue weighted by atomic mass is 17.0. The molecule has 8 nitrogen and oxygen atoms in total. The Kier molecular flexibility index (Phi) is 6.84.